The molecule has 0 radical (unpaired) electrons. The second-order valence-corrected chi connectivity index (χ2v) is 6.92. The first-order valence-corrected chi connectivity index (χ1v) is 9.46. The molecule has 4 rings (SSSR count). The maximum atomic E-state index is 6.25. The van der Waals surface area contributed by atoms with Gasteiger partial charge in [0.05, 0.1) is 12.2 Å². The Morgan fingerprint density at radius 3 is 2.69 bits per heavy atom. The molecule has 1 saturated heterocycles. The first kappa shape index (κ1) is 16.6. The van der Waals surface area contributed by atoms with Crippen LogP contribution in [0.15, 0.2) is 59.3 Å². The van der Waals surface area contributed by atoms with Gasteiger partial charge in [0.15, 0.2) is 11.1 Å². The summed E-state index contributed by atoms with van der Waals surface area (Å²) in [5, 5.41) is 7.40. The molecule has 0 aliphatic carbocycles. The van der Waals surface area contributed by atoms with Crippen molar-refractivity contribution >= 4 is 22.4 Å². The molecule has 2 N–H and O–H groups in total. The molecule has 0 saturated carbocycles. The minimum Gasteiger partial charge on any atom is -0.370 e. The molecule has 7 nitrogen and oxygen atoms in total. The molecular weight excluding hydrogens is 346 g/mol. The summed E-state index contributed by atoms with van der Waals surface area (Å²) in [6, 6.07) is 10.0. The zero-order valence-electron chi connectivity index (χ0n) is 14.4. The second-order valence-electron chi connectivity index (χ2n) is 6.04. The normalized spacial score (nSPS) is 15.5. The Kier molecular flexibility index (Phi) is 4.83. The average Bonchev–Trinajstić information content (AvgIpc) is 3.40. The number of piperazine rings is 1. The predicted octanol–water partition coefficient (Wildman–Crippen LogP) is 1.97. The van der Waals surface area contributed by atoms with E-state index in [1.165, 1.54) is 0 Å². The standard InChI is InChI=1S/C18H21N7S/c19-17(23-9-11-24(12-10-23)18-20-7-13-26-18)21-14-15-4-1-2-5-16(15)25-8-3-6-22-25/h1-8,13H,9-12,14H2,(H2,19,21). The van der Waals surface area contributed by atoms with Crippen molar-refractivity contribution in [2.24, 2.45) is 10.7 Å². The zero-order valence-corrected chi connectivity index (χ0v) is 15.2. The van der Waals surface area contributed by atoms with Crippen LogP contribution in [0.1, 0.15) is 5.56 Å². The van der Waals surface area contributed by atoms with Gasteiger partial charge in [-0.2, -0.15) is 5.10 Å². The van der Waals surface area contributed by atoms with Crippen LogP contribution >= 0.6 is 11.3 Å². The monoisotopic (exact) mass is 367 g/mol. The van der Waals surface area contributed by atoms with Gasteiger partial charge in [-0.1, -0.05) is 18.2 Å². The lowest BCUT2D eigenvalue weighted by molar-refractivity contribution is 0.380. The van der Waals surface area contributed by atoms with Gasteiger partial charge in [0.25, 0.3) is 0 Å². The summed E-state index contributed by atoms with van der Waals surface area (Å²) < 4.78 is 1.86. The van der Waals surface area contributed by atoms with Crippen molar-refractivity contribution in [1.29, 1.82) is 0 Å². The Bertz CT molecular complexity index is 850. The molecule has 134 valence electrons. The summed E-state index contributed by atoms with van der Waals surface area (Å²) in [5.41, 5.74) is 8.38. The number of anilines is 1. The lowest BCUT2D eigenvalue weighted by Crippen LogP contribution is -2.51. The number of nitrogens with zero attached hydrogens (tertiary/aromatic N) is 6. The van der Waals surface area contributed by atoms with Crippen molar-refractivity contribution in [3.05, 3.63) is 59.9 Å². The highest BCUT2D eigenvalue weighted by molar-refractivity contribution is 7.13. The Morgan fingerprint density at radius 1 is 1.12 bits per heavy atom. The Morgan fingerprint density at radius 2 is 1.96 bits per heavy atom. The van der Waals surface area contributed by atoms with Crippen LogP contribution in [-0.4, -0.2) is 51.8 Å². The van der Waals surface area contributed by atoms with Crippen LogP contribution in [0.4, 0.5) is 5.13 Å². The van der Waals surface area contributed by atoms with E-state index in [1.54, 1.807) is 17.5 Å². The number of nitrogens with two attached hydrogens (primary N) is 1. The number of thiazole rings is 1. The van der Waals surface area contributed by atoms with Crippen LogP contribution in [-0.2, 0) is 6.54 Å². The molecule has 0 spiro atoms. The van der Waals surface area contributed by atoms with Crippen LogP contribution in [0.2, 0.25) is 0 Å². The number of para-hydroxylation sites is 1. The van der Waals surface area contributed by atoms with E-state index in [-0.39, 0.29) is 0 Å². The number of aromatic nitrogens is 3. The molecule has 8 heteroatoms. The molecule has 1 aliphatic rings. The first-order valence-electron chi connectivity index (χ1n) is 8.58. The third kappa shape index (κ3) is 3.55. The van der Waals surface area contributed by atoms with E-state index in [1.807, 2.05) is 46.7 Å². The quantitative estimate of drug-likeness (QED) is 0.564. The summed E-state index contributed by atoms with van der Waals surface area (Å²) in [6.45, 7) is 4.07. The number of rotatable bonds is 4. The maximum Gasteiger partial charge on any atom is 0.191 e. The van der Waals surface area contributed by atoms with E-state index < -0.39 is 0 Å². The van der Waals surface area contributed by atoms with Gasteiger partial charge in [-0.25, -0.2) is 14.7 Å². The average molecular weight is 367 g/mol. The predicted molar refractivity (Wildman–Crippen MR) is 105 cm³/mol. The molecule has 1 fully saturated rings. The van der Waals surface area contributed by atoms with Crippen molar-refractivity contribution < 1.29 is 0 Å². The Labute approximate surface area is 156 Å². The fraction of sp³-hybridized carbons (Fsp3) is 0.278. The van der Waals surface area contributed by atoms with Crippen LogP contribution in [0, 0.1) is 0 Å². The number of guanidine groups is 1. The van der Waals surface area contributed by atoms with E-state index in [2.05, 4.69) is 30.9 Å². The molecule has 3 aromatic rings. The van der Waals surface area contributed by atoms with E-state index >= 15 is 0 Å². The van der Waals surface area contributed by atoms with Gasteiger partial charge >= 0.3 is 0 Å². The smallest absolute Gasteiger partial charge is 0.191 e. The van der Waals surface area contributed by atoms with Gasteiger partial charge < -0.3 is 15.5 Å². The van der Waals surface area contributed by atoms with E-state index in [9.17, 15) is 0 Å². The van der Waals surface area contributed by atoms with Crippen LogP contribution in [0.5, 0.6) is 0 Å². The Hall–Kier alpha value is -2.87. The third-order valence-electron chi connectivity index (χ3n) is 4.45. The van der Waals surface area contributed by atoms with E-state index in [4.69, 9.17) is 5.73 Å². The maximum absolute atomic E-state index is 6.25. The molecular formula is C18H21N7S. The van der Waals surface area contributed by atoms with Crippen molar-refractivity contribution in [3.8, 4) is 5.69 Å². The molecule has 3 heterocycles. The highest BCUT2D eigenvalue weighted by Crippen LogP contribution is 2.19. The van der Waals surface area contributed by atoms with Crippen molar-refractivity contribution in [1.82, 2.24) is 19.7 Å². The molecule has 0 amide bonds. The largest absolute Gasteiger partial charge is 0.370 e. The van der Waals surface area contributed by atoms with E-state index in [0.717, 1.165) is 42.6 Å². The summed E-state index contributed by atoms with van der Waals surface area (Å²) in [4.78, 5) is 13.4. The van der Waals surface area contributed by atoms with Gasteiger partial charge in [0.1, 0.15) is 0 Å². The molecule has 0 bridgehead atoms. The van der Waals surface area contributed by atoms with Gasteiger partial charge in [0.2, 0.25) is 0 Å². The van der Waals surface area contributed by atoms with Crippen LogP contribution in [0.25, 0.3) is 5.69 Å². The topological polar surface area (TPSA) is 75.6 Å². The fourth-order valence-corrected chi connectivity index (χ4v) is 3.74. The summed E-state index contributed by atoms with van der Waals surface area (Å²) in [5.74, 6) is 0.596. The number of benzene rings is 1. The molecule has 0 atom stereocenters. The highest BCUT2D eigenvalue weighted by Gasteiger charge is 2.19. The zero-order chi connectivity index (χ0) is 17.8. The third-order valence-corrected chi connectivity index (χ3v) is 5.28. The lowest BCUT2D eigenvalue weighted by Gasteiger charge is -2.35. The lowest BCUT2D eigenvalue weighted by atomic mass is 10.2. The molecule has 0 unspecified atom stereocenters. The highest BCUT2D eigenvalue weighted by atomic mass is 32.1. The van der Waals surface area contributed by atoms with Gasteiger partial charge in [-0.05, 0) is 17.7 Å². The van der Waals surface area contributed by atoms with Crippen molar-refractivity contribution in [2.45, 2.75) is 6.54 Å². The molecule has 2 aromatic heterocycles. The van der Waals surface area contributed by atoms with Gasteiger partial charge in [-0.15, -0.1) is 11.3 Å². The van der Waals surface area contributed by atoms with Crippen LogP contribution < -0.4 is 10.6 Å². The van der Waals surface area contributed by atoms with E-state index in [0.29, 0.717) is 12.5 Å². The van der Waals surface area contributed by atoms with Crippen molar-refractivity contribution in [3.63, 3.8) is 0 Å². The first-order chi connectivity index (χ1) is 12.8. The number of hydrogen-bond acceptors (Lipinski definition) is 5. The minimum absolute atomic E-state index is 0.536. The van der Waals surface area contributed by atoms with Gasteiger partial charge in [0, 0.05) is 50.1 Å². The number of hydrogen-bond donors (Lipinski definition) is 1. The van der Waals surface area contributed by atoms with Gasteiger partial charge in [-0.3, -0.25) is 0 Å². The molecule has 26 heavy (non-hydrogen) atoms. The Balaban J connectivity index is 1.41. The van der Waals surface area contributed by atoms with Crippen molar-refractivity contribution in [2.75, 3.05) is 31.1 Å². The summed E-state index contributed by atoms with van der Waals surface area (Å²) >= 11 is 1.67. The SMILES string of the molecule is NC(=NCc1ccccc1-n1cccn1)N1CCN(c2nccs2)CC1. The second kappa shape index (κ2) is 7.57. The van der Waals surface area contributed by atoms with Crippen LogP contribution in [0.3, 0.4) is 0 Å². The molecule has 1 aliphatic heterocycles. The summed E-state index contributed by atoms with van der Waals surface area (Å²) in [7, 11) is 0. The molecule has 1 aromatic carbocycles. The summed E-state index contributed by atoms with van der Waals surface area (Å²) in [6.07, 6.45) is 5.55. The number of aliphatic imine (C=N–C) groups is 1. The fourth-order valence-electron chi connectivity index (χ4n) is 3.04. The minimum atomic E-state index is 0.536.